The van der Waals surface area contributed by atoms with Crippen LogP contribution in [0.1, 0.15) is 22.5 Å². The minimum atomic E-state index is -0.0953. The standard InChI is InChI=1S/C22H24N2O4/c1-24(22(25)19-12-11-17(26-2)15-21(19)27-3)13-7-10-18-14-20(23-28-18)16-8-5-4-6-9-16/h4-6,8-9,11-12,14-15H,7,10,13H2,1-3H3. The van der Waals surface area contributed by atoms with Gasteiger partial charge in [0.25, 0.3) is 5.91 Å². The Labute approximate surface area is 164 Å². The van der Waals surface area contributed by atoms with Crippen molar-refractivity contribution >= 4 is 5.91 Å². The van der Waals surface area contributed by atoms with E-state index >= 15 is 0 Å². The van der Waals surface area contributed by atoms with Crippen LogP contribution in [-0.4, -0.2) is 43.8 Å². The van der Waals surface area contributed by atoms with E-state index in [4.69, 9.17) is 14.0 Å². The Morgan fingerprint density at radius 3 is 2.57 bits per heavy atom. The van der Waals surface area contributed by atoms with E-state index in [1.807, 2.05) is 36.4 Å². The highest BCUT2D eigenvalue weighted by Crippen LogP contribution is 2.25. The molecule has 0 saturated heterocycles. The SMILES string of the molecule is COc1ccc(C(=O)N(C)CCCc2cc(-c3ccccc3)no2)c(OC)c1. The summed E-state index contributed by atoms with van der Waals surface area (Å²) >= 11 is 0. The van der Waals surface area contributed by atoms with Gasteiger partial charge in [0.05, 0.1) is 19.8 Å². The van der Waals surface area contributed by atoms with Gasteiger partial charge in [-0.15, -0.1) is 0 Å². The zero-order valence-electron chi connectivity index (χ0n) is 16.3. The average molecular weight is 380 g/mol. The largest absolute Gasteiger partial charge is 0.497 e. The van der Waals surface area contributed by atoms with E-state index in [0.717, 1.165) is 23.4 Å². The van der Waals surface area contributed by atoms with Crippen LogP contribution >= 0.6 is 0 Å². The average Bonchev–Trinajstić information content (AvgIpc) is 3.22. The number of nitrogens with zero attached hydrogens (tertiary/aromatic N) is 2. The fraction of sp³-hybridized carbons (Fsp3) is 0.273. The van der Waals surface area contributed by atoms with Crippen molar-refractivity contribution in [1.82, 2.24) is 10.1 Å². The van der Waals surface area contributed by atoms with E-state index in [1.54, 1.807) is 44.4 Å². The fourth-order valence-corrected chi connectivity index (χ4v) is 2.95. The molecule has 0 aliphatic carbocycles. The summed E-state index contributed by atoms with van der Waals surface area (Å²) in [7, 11) is 4.90. The van der Waals surface area contributed by atoms with Gasteiger partial charge in [-0.1, -0.05) is 35.5 Å². The first kappa shape index (κ1) is 19.5. The molecule has 1 aromatic heterocycles. The van der Waals surface area contributed by atoms with Crippen LogP contribution in [0.4, 0.5) is 0 Å². The van der Waals surface area contributed by atoms with E-state index in [2.05, 4.69) is 5.16 Å². The summed E-state index contributed by atoms with van der Waals surface area (Å²) in [4.78, 5) is 14.4. The third-order valence-corrected chi connectivity index (χ3v) is 4.53. The molecule has 0 unspecified atom stereocenters. The number of benzene rings is 2. The quantitative estimate of drug-likeness (QED) is 0.590. The lowest BCUT2D eigenvalue weighted by atomic mass is 10.1. The molecular weight excluding hydrogens is 356 g/mol. The van der Waals surface area contributed by atoms with Gasteiger partial charge in [0.1, 0.15) is 23.0 Å². The van der Waals surface area contributed by atoms with Gasteiger partial charge in [0.2, 0.25) is 0 Å². The van der Waals surface area contributed by atoms with Gasteiger partial charge in [-0.3, -0.25) is 4.79 Å². The molecule has 1 heterocycles. The molecule has 28 heavy (non-hydrogen) atoms. The summed E-state index contributed by atoms with van der Waals surface area (Å²) in [6.45, 7) is 0.593. The maximum atomic E-state index is 12.7. The second kappa shape index (κ2) is 9.08. The lowest BCUT2D eigenvalue weighted by Crippen LogP contribution is -2.28. The number of carbonyl (C=O) groups excluding carboxylic acids is 1. The summed E-state index contributed by atoms with van der Waals surface area (Å²) < 4.78 is 15.9. The first-order chi connectivity index (χ1) is 13.6. The highest BCUT2D eigenvalue weighted by molar-refractivity contribution is 5.97. The third-order valence-electron chi connectivity index (χ3n) is 4.53. The van der Waals surface area contributed by atoms with Crippen LogP contribution in [0.15, 0.2) is 59.1 Å². The molecule has 0 aliphatic heterocycles. The van der Waals surface area contributed by atoms with Gasteiger partial charge in [-0.05, 0) is 18.6 Å². The number of hydrogen-bond donors (Lipinski definition) is 0. The number of hydrogen-bond acceptors (Lipinski definition) is 5. The van der Waals surface area contributed by atoms with Crippen molar-refractivity contribution in [1.29, 1.82) is 0 Å². The predicted molar refractivity (Wildman–Crippen MR) is 107 cm³/mol. The van der Waals surface area contributed by atoms with Crippen molar-refractivity contribution in [2.45, 2.75) is 12.8 Å². The second-order valence-electron chi connectivity index (χ2n) is 6.44. The number of carbonyl (C=O) groups is 1. The number of rotatable bonds is 8. The Hall–Kier alpha value is -3.28. The van der Waals surface area contributed by atoms with Crippen molar-refractivity contribution in [2.24, 2.45) is 0 Å². The van der Waals surface area contributed by atoms with Crippen molar-refractivity contribution in [2.75, 3.05) is 27.8 Å². The zero-order chi connectivity index (χ0) is 19.9. The van der Waals surface area contributed by atoms with Crippen molar-refractivity contribution in [3.05, 3.63) is 65.9 Å². The topological polar surface area (TPSA) is 64.8 Å². The first-order valence-electron chi connectivity index (χ1n) is 9.11. The van der Waals surface area contributed by atoms with E-state index in [9.17, 15) is 4.79 Å². The van der Waals surface area contributed by atoms with Crippen molar-refractivity contribution < 1.29 is 18.8 Å². The Morgan fingerprint density at radius 1 is 1.07 bits per heavy atom. The van der Waals surface area contributed by atoms with Crippen LogP contribution in [0.25, 0.3) is 11.3 Å². The fourth-order valence-electron chi connectivity index (χ4n) is 2.95. The lowest BCUT2D eigenvalue weighted by Gasteiger charge is -2.18. The lowest BCUT2D eigenvalue weighted by molar-refractivity contribution is 0.0789. The Kier molecular flexibility index (Phi) is 6.32. The molecule has 2 aromatic carbocycles. The molecule has 3 rings (SSSR count). The minimum absolute atomic E-state index is 0.0953. The van der Waals surface area contributed by atoms with E-state index in [1.165, 1.54) is 0 Å². The Balaban J connectivity index is 1.57. The molecule has 6 nitrogen and oxygen atoms in total. The van der Waals surface area contributed by atoms with Gasteiger partial charge in [0.15, 0.2) is 0 Å². The van der Waals surface area contributed by atoms with Gasteiger partial charge >= 0.3 is 0 Å². The molecule has 0 atom stereocenters. The number of methoxy groups -OCH3 is 2. The number of ether oxygens (including phenoxy) is 2. The van der Waals surface area contributed by atoms with Gasteiger partial charge in [0, 0.05) is 37.7 Å². The molecule has 0 radical (unpaired) electrons. The van der Waals surface area contributed by atoms with Crippen LogP contribution in [-0.2, 0) is 6.42 Å². The molecule has 6 heteroatoms. The monoisotopic (exact) mass is 380 g/mol. The number of aryl methyl sites for hydroxylation is 1. The minimum Gasteiger partial charge on any atom is -0.497 e. The van der Waals surface area contributed by atoms with E-state index in [-0.39, 0.29) is 5.91 Å². The van der Waals surface area contributed by atoms with Crippen molar-refractivity contribution in [3.8, 4) is 22.8 Å². The molecule has 3 aromatic rings. The molecule has 146 valence electrons. The maximum absolute atomic E-state index is 12.7. The molecule has 0 aliphatic rings. The van der Waals surface area contributed by atoms with Crippen LogP contribution in [0.5, 0.6) is 11.5 Å². The molecule has 0 saturated carbocycles. The van der Waals surface area contributed by atoms with Crippen molar-refractivity contribution in [3.63, 3.8) is 0 Å². The highest BCUT2D eigenvalue weighted by atomic mass is 16.5. The number of amides is 1. The first-order valence-corrected chi connectivity index (χ1v) is 9.11. The van der Waals surface area contributed by atoms with Gasteiger partial charge in [-0.25, -0.2) is 0 Å². The summed E-state index contributed by atoms with van der Waals surface area (Å²) in [5, 5.41) is 4.12. The molecule has 0 fully saturated rings. The normalized spacial score (nSPS) is 10.5. The highest BCUT2D eigenvalue weighted by Gasteiger charge is 2.17. The summed E-state index contributed by atoms with van der Waals surface area (Å²) in [6.07, 6.45) is 1.47. The summed E-state index contributed by atoms with van der Waals surface area (Å²) in [6, 6.07) is 17.0. The predicted octanol–water partition coefficient (Wildman–Crippen LogP) is 4.06. The summed E-state index contributed by atoms with van der Waals surface area (Å²) in [5.41, 5.74) is 2.36. The van der Waals surface area contributed by atoms with E-state index < -0.39 is 0 Å². The third kappa shape index (κ3) is 4.52. The van der Waals surface area contributed by atoms with Gasteiger partial charge < -0.3 is 18.9 Å². The zero-order valence-corrected chi connectivity index (χ0v) is 16.3. The second-order valence-corrected chi connectivity index (χ2v) is 6.44. The Bertz CT molecular complexity index is 921. The maximum Gasteiger partial charge on any atom is 0.257 e. The Morgan fingerprint density at radius 2 is 1.86 bits per heavy atom. The van der Waals surface area contributed by atoms with Crippen LogP contribution in [0.3, 0.4) is 0 Å². The van der Waals surface area contributed by atoms with Crippen LogP contribution in [0.2, 0.25) is 0 Å². The molecule has 0 N–H and O–H groups in total. The molecule has 0 spiro atoms. The van der Waals surface area contributed by atoms with Crippen LogP contribution < -0.4 is 9.47 Å². The van der Waals surface area contributed by atoms with E-state index in [0.29, 0.717) is 30.0 Å². The molecule has 0 bridgehead atoms. The smallest absolute Gasteiger partial charge is 0.257 e. The van der Waals surface area contributed by atoms with Gasteiger partial charge in [-0.2, -0.15) is 0 Å². The molecule has 1 amide bonds. The number of aromatic nitrogens is 1. The summed E-state index contributed by atoms with van der Waals surface area (Å²) in [5.74, 6) is 1.86. The van der Waals surface area contributed by atoms with Crippen LogP contribution in [0, 0.1) is 0 Å². The molecular formula is C22H24N2O4.